The van der Waals surface area contributed by atoms with Gasteiger partial charge in [0.2, 0.25) is 0 Å². The van der Waals surface area contributed by atoms with Crippen molar-refractivity contribution < 1.29 is 18.8 Å². The molecule has 0 saturated carbocycles. The third kappa shape index (κ3) is 2.75. The van der Waals surface area contributed by atoms with Crippen molar-refractivity contribution in [1.82, 2.24) is 0 Å². The third-order valence-electron chi connectivity index (χ3n) is 3.14. The van der Waals surface area contributed by atoms with Crippen LogP contribution >= 0.6 is 20.6 Å². The van der Waals surface area contributed by atoms with Crippen molar-refractivity contribution in [2.24, 2.45) is 0 Å². The molecule has 0 N–H and O–H groups in total. The van der Waals surface area contributed by atoms with Crippen LogP contribution in [0.4, 0.5) is 0 Å². The molecule has 0 bridgehead atoms. The first kappa shape index (κ1) is 15.4. The second kappa shape index (κ2) is 5.64. The Morgan fingerprint density at radius 3 is 2.55 bits per heavy atom. The number of benzene rings is 2. The minimum atomic E-state index is -3.96. The molecule has 0 unspecified atom stereocenters. The van der Waals surface area contributed by atoms with Gasteiger partial charge in [-0.3, -0.25) is 0 Å². The Morgan fingerprint density at radius 1 is 1.09 bits per heavy atom. The van der Waals surface area contributed by atoms with E-state index in [9.17, 15) is 13.2 Å². The van der Waals surface area contributed by atoms with Crippen molar-refractivity contribution >= 4 is 36.7 Å². The van der Waals surface area contributed by atoms with Gasteiger partial charge in [-0.05, 0) is 0 Å². The summed E-state index contributed by atoms with van der Waals surface area (Å²) < 4.78 is 36.0. The second-order valence-electron chi connectivity index (χ2n) is 4.85. The van der Waals surface area contributed by atoms with Crippen LogP contribution in [0.15, 0.2) is 47.4 Å². The van der Waals surface area contributed by atoms with Gasteiger partial charge >= 0.3 is 137 Å². The van der Waals surface area contributed by atoms with Crippen LogP contribution < -0.4 is 0 Å². The van der Waals surface area contributed by atoms with Gasteiger partial charge in [0.05, 0.1) is 0 Å². The molecule has 7 heteroatoms. The number of carbonyl (C=O) groups is 1. The number of hydrogen-bond acceptors (Lipinski definition) is 5. The molecule has 0 atom stereocenters. The maximum absolute atomic E-state index is 12.5. The zero-order valence-electron chi connectivity index (χ0n) is 11.9. The molecule has 0 fully saturated rings. The molecule has 1 aliphatic rings. The first-order valence-corrected chi connectivity index (χ1v) is 10.7. The molecule has 1 aliphatic heterocycles. The quantitative estimate of drug-likeness (QED) is 0.696. The van der Waals surface area contributed by atoms with Crippen LogP contribution in [0.3, 0.4) is 0 Å². The molecule has 0 radical (unpaired) electrons. The van der Waals surface area contributed by atoms with E-state index in [1.54, 1.807) is 43.3 Å². The van der Waals surface area contributed by atoms with Crippen molar-refractivity contribution in [2.75, 3.05) is 0 Å². The van der Waals surface area contributed by atoms with Gasteiger partial charge in [0, 0.05) is 0 Å². The van der Waals surface area contributed by atoms with Crippen LogP contribution in [-0.2, 0) is 15.7 Å². The number of fused-ring (bicyclic) bond motifs is 1. The van der Waals surface area contributed by atoms with E-state index in [0.29, 0.717) is 14.7 Å². The molecule has 116 valence electrons. The summed E-state index contributed by atoms with van der Waals surface area (Å²) in [4.78, 5) is 11.9. The molecule has 0 aliphatic carbocycles. The van der Waals surface area contributed by atoms with Crippen LogP contribution in [0.1, 0.15) is 21.5 Å². The van der Waals surface area contributed by atoms with Gasteiger partial charge in [-0.15, -0.1) is 0 Å². The average Bonchev–Trinajstić information content (AvgIpc) is 2.75. The fourth-order valence-corrected chi connectivity index (χ4v) is 8.03. The summed E-state index contributed by atoms with van der Waals surface area (Å²) in [5.74, 6) is -0.517. The SMILES string of the molecule is Cc1ccc(S(=O)(=O)OI2OC(=O)c3ccccc32)c(C)c1. The molecule has 3 rings (SSSR count). The molecule has 0 aromatic heterocycles. The summed E-state index contributed by atoms with van der Waals surface area (Å²) in [6.45, 7) is 3.59. The van der Waals surface area contributed by atoms with E-state index in [1.807, 2.05) is 6.92 Å². The summed E-state index contributed by atoms with van der Waals surface area (Å²) in [5, 5.41) is 0. The third-order valence-corrected chi connectivity index (χ3v) is 9.51. The van der Waals surface area contributed by atoms with Crippen molar-refractivity contribution in [3.05, 3.63) is 62.7 Å². The van der Waals surface area contributed by atoms with E-state index in [1.165, 1.54) is 6.07 Å². The number of rotatable bonds is 3. The molecule has 0 saturated heterocycles. The van der Waals surface area contributed by atoms with E-state index in [0.717, 1.165) is 5.56 Å². The first-order chi connectivity index (χ1) is 10.4. The molecule has 2 aromatic carbocycles. The summed E-state index contributed by atoms with van der Waals surface area (Å²) in [5.41, 5.74) is 1.96. The molecule has 2 aromatic rings. The maximum atomic E-state index is 12.5. The standard InChI is InChI=1S/C15H13IO5S/c1-10-7-8-14(11(2)9-10)22(18,19)21-16-13-6-4-3-5-12(13)15(17)20-16/h3-9H,1-2H3. The van der Waals surface area contributed by atoms with E-state index in [2.05, 4.69) is 0 Å². The number of aryl methyl sites for hydroxylation is 2. The van der Waals surface area contributed by atoms with Crippen LogP contribution in [0, 0.1) is 17.4 Å². The van der Waals surface area contributed by atoms with Gasteiger partial charge < -0.3 is 0 Å². The molecule has 22 heavy (non-hydrogen) atoms. The predicted molar refractivity (Wildman–Crippen MR) is 88.8 cm³/mol. The average molecular weight is 432 g/mol. The molecular formula is C15H13IO5S. The zero-order valence-corrected chi connectivity index (χ0v) is 14.8. The second-order valence-corrected chi connectivity index (χ2v) is 10.2. The number of halogens is 1. The Kier molecular flexibility index (Phi) is 3.96. The Labute approximate surface area is 136 Å². The van der Waals surface area contributed by atoms with Gasteiger partial charge in [-0.1, -0.05) is 0 Å². The van der Waals surface area contributed by atoms with Crippen molar-refractivity contribution in [3.63, 3.8) is 0 Å². The van der Waals surface area contributed by atoms with Crippen molar-refractivity contribution in [3.8, 4) is 0 Å². The molecule has 1 heterocycles. The van der Waals surface area contributed by atoms with Crippen molar-refractivity contribution in [1.29, 1.82) is 0 Å². The molecular weight excluding hydrogens is 419 g/mol. The monoisotopic (exact) mass is 432 g/mol. The van der Waals surface area contributed by atoms with Crippen LogP contribution in [-0.4, -0.2) is 14.4 Å². The fraction of sp³-hybridized carbons (Fsp3) is 0.133. The van der Waals surface area contributed by atoms with Gasteiger partial charge in [-0.2, -0.15) is 0 Å². The Morgan fingerprint density at radius 2 is 1.82 bits per heavy atom. The van der Waals surface area contributed by atoms with Gasteiger partial charge in [0.1, 0.15) is 0 Å². The summed E-state index contributed by atoms with van der Waals surface area (Å²) >= 11 is -3.00. The minimum absolute atomic E-state index is 0.107. The fourth-order valence-electron chi connectivity index (χ4n) is 2.14. The Hall–Kier alpha value is -1.45. The van der Waals surface area contributed by atoms with E-state index in [-0.39, 0.29) is 4.90 Å². The predicted octanol–water partition coefficient (Wildman–Crippen LogP) is 3.39. The van der Waals surface area contributed by atoms with E-state index in [4.69, 9.17) is 5.58 Å². The van der Waals surface area contributed by atoms with Gasteiger partial charge in [0.15, 0.2) is 0 Å². The molecule has 0 spiro atoms. The summed E-state index contributed by atoms with van der Waals surface area (Å²) in [7, 11) is -3.96. The van der Waals surface area contributed by atoms with Gasteiger partial charge in [0.25, 0.3) is 0 Å². The number of hydrogen-bond donors (Lipinski definition) is 0. The zero-order chi connectivity index (χ0) is 15.9. The topological polar surface area (TPSA) is 69.7 Å². The van der Waals surface area contributed by atoms with Gasteiger partial charge in [-0.25, -0.2) is 0 Å². The van der Waals surface area contributed by atoms with E-state index < -0.39 is 36.7 Å². The summed E-state index contributed by atoms with van der Waals surface area (Å²) in [6, 6.07) is 11.7. The Balaban J connectivity index is 1.95. The Bertz CT molecular complexity index is 860. The number of carbonyl (C=O) groups excluding carboxylic acids is 1. The van der Waals surface area contributed by atoms with Crippen LogP contribution in [0.2, 0.25) is 0 Å². The van der Waals surface area contributed by atoms with E-state index >= 15 is 0 Å². The van der Waals surface area contributed by atoms with Crippen molar-refractivity contribution in [2.45, 2.75) is 18.7 Å². The normalized spacial score (nSPS) is 15.5. The summed E-state index contributed by atoms with van der Waals surface area (Å²) in [6.07, 6.45) is 0. The molecule has 0 amide bonds. The first-order valence-electron chi connectivity index (χ1n) is 6.43. The molecule has 5 nitrogen and oxygen atoms in total. The van der Waals surface area contributed by atoms with Crippen LogP contribution in [0.25, 0.3) is 0 Å². The van der Waals surface area contributed by atoms with Crippen LogP contribution in [0.5, 0.6) is 0 Å².